The molecule has 10 heteroatoms. The van der Waals surface area contributed by atoms with E-state index in [0.717, 1.165) is 5.75 Å². The van der Waals surface area contributed by atoms with Crippen LogP contribution in [0.2, 0.25) is 0 Å². The zero-order chi connectivity index (χ0) is 24.1. The third-order valence-corrected chi connectivity index (χ3v) is 7.98. The van der Waals surface area contributed by atoms with Gasteiger partial charge in [0.2, 0.25) is 0 Å². The van der Waals surface area contributed by atoms with E-state index in [-0.39, 0.29) is 19.3 Å². The maximum Gasteiger partial charge on any atom is 0.494 e. The molecule has 0 rings (SSSR count). The van der Waals surface area contributed by atoms with Crippen LogP contribution in [-0.4, -0.2) is 46.8 Å². The minimum Gasteiger partial charge on any atom is -0.445 e. The average molecular weight is 516 g/mol. The van der Waals surface area contributed by atoms with Crippen LogP contribution in [0.4, 0.5) is 4.79 Å². The summed E-state index contributed by atoms with van der Waals surface area (Å²) >= 11 is 0. The molecule has 0 aliphatic heterocycles. The Labute approximate surface area is 204 Å². The van der Waals surface area contributed by atoms with Gasteiger partial charge < -0.3 is 9.63 Å². The van der Waals surface area contributed by atoms with Crippen molar-refractivity contribution in [2.75, 3.05) is 24.7 Å². The van der Waals surface area contributed by atoms with Gasteiger partial charge in [0.15, 0.2) is 0 Å². The van der Waals surface area contributed by atoms with Crippen LogP contribution < -0.4 is 0 Å². The fraction of sp³-hybridized carbons (Fsp3) is 0.955. The normalized spacial score (nSPS) is 13.3. The number of hydrogen-bond acceptors (Lipinski definition) is 7. The number of unbranched alkanes of at least 4 members (excludes halogenated alkanes) is 11. The smallest absolute Gasteiger partial charge is 0.445 e. The Kier molecular flexibility index (Phi) is 21.7. The zero-order valence-electron chi connectivity index (χ0n) is 20.6. The minimum absolute atomic E-state index is 0.0701. The summed E-state index contributed by atoms with van der Waals surface area (Å²) in [5.41, 5.74) is 0. The summed E-state index contributed by atoms with van der Waals surface area (Å²) in [6.07, 6.45) is 15.0. The number of amides is 1. The molecule has 1 N–H and O–H groups in total. The van der Waals surface area contributed by atoms with Gasteiger partial charge in [0.05, 0.1) is 12.7 Å². The summed E-state index contributed by atoms with van der Waals surface area (Å²) in [5.74, 6) is 1.64. The molecule has 1 atom stereocenters. The molecule has 0 aromatic heterocycles. The number of rotatable bonds is 22. The van der Waals surface area contributed by atoms with E-state index < -0.39 is 13.9 Å². The fourth-order valence-corrected chi connectivity index (χ4v) is 5.83. The number of phosphoric ester groups is 1. The predicted molar refractivity (Wildman–Crippen MR) is 137 cm³/mol. The van der Waals surface area contributed by atoms with Crippen LogP contribution in [0.1, 0.15) is 105 Å². The SMILES string of the molecule is CCCCCCCCCCCCCCSSCCOP(=O)(O)ON(CC)C(=O)OC(C)C. The molecule has 0 spiro atoms. The van der Waals surface area contributed by atoms with Crippen molar-refractivity contribution in [3.05, 3.63) is 0 Å². The number of nitrogens with zero attached hydrogens (tertiary/aromatic N) is 1. The van der Waals surface area contributed by atoms with Gasteiger partial charge in [-0.05, 0) is 27.2 Å². The second-order valence-corrected chi connectivity index (χ2v) is 12.1. The van der Waals surface area contributed by atoms with Crippen LogP contribution in [0.5, 0.6) is 0 Å². The standard InChI is InChI=1S/C22H46NO6PS2/c1-5-7-8-9-10-11-12-13-14-15-16-17-19-31-32-20-18-27-30(25,26)29-23(6-2)22(24)28-21(3)4/h21H,5-20H2,1-4H3,(H,25,26). The molecule has 7 nitrogen and oxygen atoms in total. The Hall–Kier alpha value is 0.0800. The van der Waals surface area contributed by atoms with Crippen LogP contribution in [0.3, 0.4) is 0 Å². The first-order valence-electron chi connectivity index (χ1n) is 12.2. The van der Waals surface area contributed by atoms with Crippen molar-refractivity contribution in [1.82, 2.24) is 5.06 Å². The van der Waals surface area contributed by atoms with Crippen molar-refractivity contribution in [2.24, 2.45) is 0 Å². The number of phosphoric acid groups is 1. The summed E-state index contributed by atoms with van der Waals surface area (Å²) in [6.45, 7) is 7.39. The maximum atomic E-state index is 12.0. The molecule has 192 valence electrons. The molecule has 0 radical (unpaired) electrons. The molecule has 0 bridgehead atoms. The van der Waals surface area contributed by atoms with Gasteiger partial charge in [0, 0.05) is 18.1 Å². The first-order valence-corrected chi connectivity index (χ1v) is 16.2. The van der Waals surface area contributed by atoms with E-state index in [2.05, 4.69) is 6.92 Å². The highest BCUT2D eigenvalue weighted by atomic mass is 33.1. The number of ether oxygens (including phenoxy) is 1. The van der Waals surface area contributed by atoms with Gasteiger partial charge >= 0.3 is 13.9 Å². The molecule has 0 saturated carbocycles. The monoisotopic (exact) mass is 515 g/mol. The number of hydrogen-bond donors (Lipinski definition) is 1. The van der Waals surface area contributed by atoms with Crippen molar-refractivity contribution in [1.29, 1.82) is 0 Å². The lowest BCUT2D eigenvalue weighted by atomic mass is 10.1. The summed E-state index contributed by atoms with van der Waals surface area (Å²) in [7, 11) is -0.980. The second-order valence-electron chi connectivity index (χ2n) is 8.04. The number of carbonyl (C=O) groups is 1. The first-order chi connectivity index (χ1) is 15.3. The van der Waals surface area contributed by atoms with Gasteiger partial charge in [0.1, 0.15) is 0 Å². The van der Waals surface area contributed by atoms with Gasteiger partial charge in [-0.15, -0.1) is 0 Å². The molecule has 0 aromatic carbocycles. The van der Waals surface area contributed by atoms with E-state index in [1.165, 1.54) is 77.0 Å². The summed E-state index contributed by atoms with van der Waals surface area (Å²) in [5, 5.41) is 0.705. The molecule has 32 heavy (non-hydrogen) atoms. The molecule has 0 fully saturated rings. The highest BCUT2D eigenvalue weighted by Crippen LogP contribution is 2.44. The van der Waals surface area contributed by atoms with Crippen molar-refractivity contribution >= 4 is 35.5 Å². The topological polar surface area (TPSA) is 85.3 Å². The van der Waals surface area contributed by atoms with E-state index in [0.29, 0.717) is 10.8 Å². The summed E-state index contributed by atoms with van der Waals surface area (Å²) < 4.78 is 26.7. The quantitative estimate of drug-likeness (QED) is 0.0672. The first kappa shape index (κ1) is 32.1. The highest BCUT2D eigenvalue weighted by Gasteiger charge is 2.29. The van der Waals surface area contributed by atoms with Gasteiger partial charge in [-0.2, -0.15) is 9.69 Å². The van der Waals surface area contributed by atoms with E-state index in [9.17, 15) is 14.3 Å². The minimum atomic E-state index is -4.35. The summed E-state index contributed by atoms with van der Waals surface area (Å²) in [6, 6.07) is 0. The van der Waals surface area contributed by atoms with Gasteiger partial charge in [0.25, 0.3) is 0 Å². The van der Waals surface area contributed by atoms with Gasteiger partial charge in [-0.1, -0.05) is 99.1 Å². The fourth-order valence-electron chi connectivity index (χ4n) is 2.94. The Bertz CT molecular complexity index is 499. The average Bonchev–Trinajstić information content (AvgIpc) is 2.73. The Morgan fingerprint density at radius 1 is 0.875 bits per heavy atom. The lowest BCUT2D eigenvalue weighted by Gasteiger charge is -2.22. The third-order valence-electron chi connectivity index (χ3n) is 4.61. The molecule has 0 heterocycles. The Balaban J connectivity index is 3.55. The van der Waals surface area contributed by atoms with Crippen LogP contribution in [0, 0.1) is 0 Å². The molecule has 0 aromatic rings. The number of hydroxylamine groups is 2. The van der Waals surface area contributed by atoms with Crippen molar-refractivity contribution < 1.29 is 28.1 Å². The molecule has 0 saturated heterocycles. The lowest BCUT2D eigenvalue weighted by Crippen LogP contribution is -2.32. The molecular weight excluding hydrogens is 469 g/mol. The molecule has 1 unspecified atom stereocenters. The third kappa shape index (κ3) is 20.7. The van der Waals surface area contributed by atoms with Crippen LogP contribution in [0.25, 0.3) is 0 Å². The Morgan fingerprint density at radius 2 is 1.38 bits per heavy atom. The molecular formula is C22H46NO6PS2. The molecule has 0 aliphatic rings. The van der Waals surface area contributed by atoms with Gasteiger partial charge in [-0.3, -0.25) is 4.52 Å². The molecule has 0 aliphatic carbocycles. The van der Waals surface area contributed by atoms with Crippen LogP contribution >= 0.6 is 29.4 Å². The molecule has 1 amide bonds. The van der Waals surface area contributed by atoms with Crippen molar-refractivity contribution in [3.8, 4) is 0 Å². The summed E-state index contributed by atoms with van der Waals surface area (Å²) in [4.78, 5) is 21.5. The van der Waals surface area contributed by atoms with Crippen LogP contribution in [0.15, 0.2) is 0 Å². The Morgan fingerprint density at radius 3 is 1.88 bits per heavy atom. The van der Waals surface area contributed by atoms with Crippen molar-refractivity contribution in [3.63, 3.8) is 0 Å². The van der Waals surface area contributed by atoms with Gasteiger partial charge in [-0.25, -0.2) is 9.36 Å². The predicted octanol–water partition coefficient (Wildman–Crippen LogP) is 7.98. The van der Waals surface area contributed by atoms with E-state index in [1.54, 1.807) is 42.4 Å². The van der Waals surface area contributed by atoms with E-state index >= 15 is 0 Å². The lowest BCUT2D eigenvalue weighted by molar-refractivity contribution is -0.0747. The van der Waals surface area contributed by atoms with E-state index in [4.69, 9.17) is 13.9 Å². The zero-order valence-corrected chi connectivity index (χ0v) is 23.1. The maximum absolute atomic E-state index is 12.0. The van der Waals surface area contributed by atoms with Crippen molar-refractivity contribution in [2.45, 2.75) is 111 Å². The number of carbonyl (C=O) groups excluding carboxylic acids is 1. The van der Waals surface area contributed by atoms with E-state index in [1.807, 2.05) is 0 Å². The highest BCUT2D eigenvalue weighted by molar-refractivity contribution is 8.76. The largest absolute Gasteiger partial charge is 0.494 e. The van der Waals surface area contributed by atoms with Crippen LogP contribution in [-0.2, 0) is 18.5 Å². The second kappa shape index (κ2) is 21.6.